The van der Waals surface area contributed by atoms with E-state index in [1.165, 1.54) is 16.4 Å². The number of rotatable bonds is 6. The average molecular weight is 384 g/mol. The van der Waals surface area contributed by atoms with Gasteiger partial charge in [0.15, 0.2) is 17.3 Å². The van der Waals surface area contributed by atoms with Crippen LogP contribution in [0.5, 0.6) is 11.5 Å². The van der Waals surface area contributed by atoms with Crippen LogP contribution in [0.15, 0.2) is 47.9 Å². The lowest BCUT2D eigenvalue weighted by Crippen LogP contribution is -2.25. The smallest absolute Gasteiger partial charge is 0.231 e. The minimum Gasteiger partial charge on any atom is -0.454 e. The number of benzene rings is 1. The third kappa shape index (κ3) is 3.80. The van der Waals surface area contributed by atoms with E-state index in [2.05, 4.69) is 20.5 Å². The van der Waals surface area contributed by atoms with Gasteiger partial charge in [-0.2, -0.15) is 0 Å². The van der Waals surface area contributed by atoms with Crippen LogP contribution in [0.25, 0.3) is 11.4 Å². The van der Waals surface area contributed by atoms with E-state index in [1.54, 1.807) is 18.5 Å². The van der Waals surface area contributed by atoms with Crippen molar-refractivity contribution in [2.24, 2.45) is 0 Å². The van der Waals surface area contributed by atoms with Crippen LogP contribution < -0.4 is 20.6 Å². The van der Waals surface area contributed by atoms with Crippen molar-refractivity contribution in [3.63, 3.8) is 0 Å². The Labute approximate surface area is 158 Å². The van der Waals surface area contributed by atoms with Crippen molar-refractivity contribution in [1.29, 1.82) is 0 Å². The zero-order chi connectivity index (χ0) is 18.6. The first-order valence-corrected chi connectivity index (χ1v) is 9.08. The summed E-state index contributed by atoms with van der Waals surface area (Å²) in [6.07, 6.45) is 3.32. The summed E-state index contributed by atoms with van der Waals surface area (Å²) in [4.78, 5) is 16.2. The fourth-order valence-corrected chi connectivity index (χ4v) is 3.19. The Balaban J connectivity index is 1.31. The molecule has 1 aromatic carbocycles. The minimum absolute atomic E-state index is 0.136. The van der Waals surface area contributed by atoms with Crippen LogP contribution in [0.2, 0.25) is 0 Å². The van der Waals surface area contributed by atoms with Gasteiger partial charge in [-0.15, -0.1) is 10.2 Å². The maximum atomic E-state index is 12.1. The zero-order valence-corrected chi connectivity index (χ0v) is 15.0. The number of carbonyl (C=O) groups is 1. The van der Waals surface area contributed by atoms with Crippen LogP contribution in [0, 0.1) is 0 Å². The van der Waals surface area contributed by atoms with Gasteiger partial charge in [-0.05, 0) is 29.8 Å². The molecule has 3 aromatic rings. The second-order valence-electron chi connectivity index (χ2n) is 5.67. The van der Waals surface area contributed by atoms with E-state index in [9.17, 15) is 4.79 Å². The normalized spacial score (nSPS) is 12.1. The molecule has 0 aliphatic carbocycles. The Morgan fingerprint density at radius 1 is 1.26 bits per heavy atom. The lowest BCUT2D eigenvalue weighted by atomic mass is 10.2. The van der Waals surface area contributed by atoms with E-state index in [1.807, 2.05) is 24.3 Å². The number of hydrogen-bond acceptors (Lipinski definition) is 8. The van der Waals surface area contributed by atoms with Gasteiger partial charge in [-0.1, -0.05) is 17.8 Å². The van der Waals surface area contributed by atoms with Crippen LogP contribution in [0.3, 0.4) is 0 Å². The molecule has 0 saturated carbocycles. The maximum absolute atomic E-state index is 12.1. The van der Waals surface area contributed by atoms with Crippen LogP contribution in [0.4, 0.5) is 0 Å². The van der Waals surface area contributed by atoms with Crippen molar-refractivity contribution in [3.8, 4) is 22.9 Å². The summed E-state index contributed by atoms with van der Waals surface area (Å²) in [7, 11) is 0. The number of aromatic nitrogens is 4. The molecule has 2 aromatic heterocycles. The number of carbonyl (C=O) groups excluding carboxylic acids is 1. The second kappa shape index (κ2) is 7.54. The molecule has 0 radical (unpaired) electrons. The van der Waals surface area contributed by atoms with Gasteiger partial charge in [-0.25, -0.2) is 4.68 Å². The Bertz CT molecular complexity index is 963. The van der Waals surface area contributed by atoms with Crippen molar-refractivity contribution < 1.29 is 14.3 Å². The summed E-state index contributed by atoms with van der Waals surface area (Å²) in [5.74, 6) is 7.96. The number of nitrogen functional groups attached to an aromatic ring is 1. The molecule has 1 aliphatic rings. The number of nitrogens with zero attached hydrogens (tertiary/aromatic N) is 4. The minimum atomic E-state index is -0.136. The average Bonchev–Trinajstić information content (AvgIpc) is 3.31. The largest absolute Gasteiger partial charge is 0.454 e. The van der Waals surface area contributed by atoms with Gasteiger partial charge >= 0.3 is 0 Å². The monoisotopic (exact) mass is 384 g/mol. The van der Waals surface area contributed by atoms with Crippen molar-refractivity contribution in [2.75, 3.05) is 18.4 Å². The molecule has 0 saturated heterocycles. The van der Waals surface area contributed by atoms with Gasteiger partial charge in [0.05, 0.1) is 5.75 Å². The summed E-state index contributed by atoms with van der Waals surface area (Å²) < 4.78 is 11.9. The molecule has 0 fully saturated rings. The van der Waals surface area contributed by atoms with Crippen LogP contribution in [-0.2, 0) is 11.3 Å². The molecule has 0 atom stereocenters. The van der Waals surface area contributed by atoms with Gasteiger partial charge in [0.25, 0.3) is 0 Å². The quantitative estimate of drug-likeness (QED) is 0.481. The molecular weight excluding hydrogens is 368 g/mol. The summed E-state index contributed by atoms with van der Waals surface area (Å²) >= 11 is 1.21. The first-order chi connectivity index (χ1) is 13.2. The zero-order valence-electron chi connectivity index (χ0n) is 14.2. The van der Waals surface area contributed by atoms with Crippen molar-refractivity contribution >= 4 is 17.7 Å². The molecule has 1 amide bonds. The Morgan fingerprint density at radius 3 is 3.00 bits per heavy atom. The molecule has 9 nitrogen and oxygen atoms in total. The second-order valence-corrected chi connectivity index (χ2v) is 6.61. The number of thioether (sulfide) groups is 1. The lowest BCUT2D eigenvalue weighted by Gasteiger charge is -2.06. The van der Waals surface area contributed by atoms with Crippen LogP contribution in [0.1, 0.15) is 5.56 Å². The first-order valence-electron chi connectivity index (χ1n) is 8.09. The fourth-order valence-electron chi connectivity index (χ4n) is 2.50. The van der Waals surface area contributed by atoms with Crippen molar-refractivity contribution in [2.45, 2.75) is 11.7 Å². The van der Waals surface area contributed by atoms with Gasteiger partial charge in [0.2, 0.25) is 17.9 Å². The third-order valence-corrected chi connectivity index (χ3v) is 4.79. The molecule has 27 heavy (non-hydrogen) atoms. The molecular formula is C17H16N6O3S. The fraction of sp³-hybridized carbons (Fsp3) is 0.176. The van der Waals surface area contributed by atoms with Gasteiger partial charge in [0, 0.05) is 24.5 Å². The Morgan fingerprint density at radius 2 is 2.15 bits per heavy atom. The molecule has 138 valence electrons. The molecule has 3 heterocycles. The van der Waals surface area contributed by atoms with Crippen LogP contribution >= 0.6 is 11.8 Å². The third-order valence-electron chi connectivity index (χ3n) is 3.84. The molecule has 3 N–H and O–H groups in total. The number of nitrogens with two attached hydrogens (primary N) is 1. The Hall–Kier alpha value is -3.27. The highest BCUT2D eigenvalue weighted by Gasteiger charge is 2.15. The van der Waals surface area contributed by atoms with Crippen molar-refractivity contribution in [3.05, 3.63) is 48.3 Å². The summed E-state index contributed by atoms with van der Waals surface area (Å²) in [5, 5.41) is 11.4. The summed E-state index contributed by atoms with van der Waals surface area (Å²) in [6, 6.07) is 9.20. The number of pyridine rings is 1. The predicted molar refractivity (Wildman–Crippen MR) is 98.5 cm³/mol. The SMILES string of the molecule is Nn1c(SCC(=O)NCc2ccc3c(c2)OCO3)nnc1-c1cccnc1. The molecule has 4 rings (SSSR count). The van der Waals surface area contributed by atoms with E-state index in [0.717, 1.165) is 11.1 Å². The van der Waals surface area contributed by atoms with Gasteiger partial charge in [0.1, 0.15) is 0 Å². The highest BCUT2D eigenvalue weighted by atomic mass is 32.2. The standard InChI is InChI=1S/C17H16N6O3S/c18-23-16(12-2-1-5-19-8-12)21-22-17(23)27-9-15(24)20-7-11-3-4-13-14(6-11)26-10-25-13/h1-6,8H,7,9-10,18H2,(H,20,24). The summed E-state index contributed by atoms with van der Waals surface area (Å²) in [5.41, 5.74) is 1.69. The highest BCUT2D eigenvalue weighted by molar-refractivity contribution is 7.99. The van der Waals surface area contributed by atoms with E-state index in [4.69, 9.17) is 15.3 Å². The topological polar surface area (TPSA) is 117 Å². The first kappa shape index (κ1) is 17.2. The van der Waals surface area contributed by atoms with Crippen LogP contribution in [-0.4, -0.2) is 38.3 Å². The summed E-state index contributed by atoms with van der Waals surface area (Å²) in [6.45, 7) is 0.620. The van der Waals surface area contributed by atoms with E-state index in [0.29, 0.717) is 29.0 Å². The Kier molecular flexibility index (Phi) is 4.79. The van der Waals surface area contributed by atoms with E-state index in [-0.39, 0.29) is 18.5 Å². The molecule has 10 heteroatoms. The highest BCUT2D eigenvalue weighted by Crippen LogP contribution is 2.32. The molecule has 0 bridgehead atoms. The number of hydrogen-bond donors (Lipinski definition) is 2. The van der Waals surface area contributed by atoms with Gasteiger partial charge < -0.3 is 20.6 Å². The lowest BCUT2D eigenvalue weighted by molar-refractivity contribution is -0.118. The van der Waals surface area contributed by atoms with E-state index < -0.39 is 0 Å². The molecule has 0 unspecified atom stereocenters. The number of amides is 1. The number of ether oxygens (including phenoxy) is 2. The van der Waals surface area contributed by atoms with E-state index >= 15 is 0 Å². The molecule has 0 spiro atoms. The number of fused-ring (bicyclic) bond motifs is 1. The van der Waals surface area contributed by atoms with Gasteiger partial charge in [-0.3, -0.25) is 9.78 Å². The van der Waals surface area contributed by atoms with Crippen molar-refractivity contribution in [1.82, 2.24) is 25.2 Å². The number of nitrogens with one attached hydrogen (secondary N) is 1. The molecule has 1 aliphatic heterocycles. The predicted octanol–water partition coefficient (Wildman–Crippen LogP) is 1.19. The maximum Gasteiger partial charge on any atom is 0.231 e.